The quantitative estimate of drug-likeness (QED) is 0.685. The lowest BCUT2D eigenvalue weighted by atomic mass is 10.1. The molecule has 0 aliphatic carbocycles. The largest absolute Gasteiger partial charge is 0.465 e. The summed E-state index contributed by atoms with van der Waals surface area (Å²) in [5.74, 6) is -0.564. The van der Waals surface area contributed by atoms with Crippen LogP contribution in [0.5, 0.6) is 0 Å². The number of amides is 1. The monoisotopic (exact) mass is 377 g/mol. The molecule has 0 unspecified atom stereocenters. The maximum absolute atomic E-state index is 12.6. The molecule has 0 fully saturated rings. The molecule has 0 bridgehead atoms. The smallest absolute Gasteiger partial charge is 0.338 e. The molecule has 1 aromatic heterocycles. The van der Waals surface area contributed by atoms with Gasteiger partial charge in [0.15, 0.2) is 0 Å². The molecule has 0 spiro atoms. The third-order valence-corrected chi connectivity index (χ3v) is 4.68. The highest BCUT2D eigenvalue weighted by Crippen LogP contribution is 2.22. The van der Waals surface area contributed by atoms with Crippen LogP contribution in [0, 0.1) is 20.8 Å². The van der Waals surface area contributed by atoms with Crippen LogP contribution in [0.1, 0.15) is 43.2 Å². The fraction of sp³-hybridized carbons (Fsp3) is 0.227. The number of aromatic nitrogens is 2. The van der Waals surface area contributed by atoms with Crippen LogP contribution in [0.15, 0.2) is 48.5 Å². The van der Waals surface area contributed by atoms with Gasteiger partial charge in [0, 0.05) is 5.56 Å². The number of ether oxygens (including phenoxy) is 1. The Hall–Kier alpha value is -3.41. The Kier molecular flexibility index (Phi) is 5.59. The van der Waals surface area contributed by atoms with Crippen LogP contribution in [-0.4, -0.2) is 28.8 Å². The first-order valence-electron chi connectivity index (χ1n) is 8.99. The second-order valence-electron chi connectivity index (χ2n) is 6.67. The Morgan fingerprint density at radius 1 is 1.04 bits per heavy atom. The van der Waals surface area contributed by atoms with Crippen LogP contribution in [-0.2, 0) is 11.3 Å². The SMILES string of the molecule is COC(=O)c1ccccc1Cn1nc(C)c(NC(=O)c2ccc(C)cc2)c1C. The average Bonchev–Trinajstić information content (AvgIpc) is 2.95. The fourth-order valence-electron chi connectivity index (χ4n) is 3.05. The molecule has 144 valence electrons. The highest BCUT2D eigenvalue weighted by atomic mass is 16.5. The maximum Gasteiger partial charge on any atom is 0.338 e. The first-order chi connectivity index (χ1) is 13.4. The molecule has 2 aromatic carbocycles. The minimum absolute atomic E-state index is 0.180. The molecular formula is C22H23N3O3. The standard InChI is InChI=1S/C22H23N3O3/c1-14-9-11-17(12-10-14)21(26)23-20-15(2)24-25(16(20)3)13-18-7-5-6-8-19(18)22(27)28-4/h5-12H,13H2,1-4H3,(H,23,26). The molecule has 1 heterocycles. The number of carbonyl (C=O) groups is 2. The van der Waals surface area contributed by atoms with Crippen molar-refractivity contribution >= 4 is 17.6 Å². The van der Waals surface area contributed by atoms with Gasteiger partial charge in [-0.15, -0.1) is 0 Å². The van der Waals surface area contributed by atoms with E-state index >= 15 is 0 Å². The van der Waals surface area contributed by atoms with Crippen LogP contribution in [0.2, 0.25) is 0 Å². The Balaban J connectivity index is 1.86. The lowest BCUT2D eigenvalue weighted by Crippen LogP contribution is -2.14. The predicted molar refractivity (Wildman–Crippen MR) is 108 cm³/mol. The number of hydrogen-bond donors (Lipinski definition) is 1. The Morgan fingerprint density at radius 2 is 1.71 bits per heavy atom. The Bertz CT molecular complexity index is 1020. The minimum atomic E-state index is -0.384. The lowest BCUT2D eigenvalue weighted by Gasteiger charge is -2.10. The number of anilines is 1. The third-order valence-electron chi connectivity index (χ3n) is 4.68. The van der Waals surface area contributed by atoms with Crippen LogP contribution in [0.3, 0.4) is 0 Å². The zero-order valence-electron chi connectivity index (χ0n) is 16.4. The molecule has 0 saturated carbocycles. The van der Waals surface area contributed by atoms with Gasteiger partial charge >= 0.3 is 5.97 Å². The van der Waals surface area contributed by atoms with E-state index < -0.39 is 0 Å². The molecule has 0 atom stereocenters. The molecule has 0 radical (unpaired) electrons. The fourth-order valence-corrected chi connectivity index (χ4v) is 3.05. The van der Waals surface area contributed by atoms with Crippen molar-refractivity contribution in [3.8, 4) is 0 Å². The highest BCUT2D eigenvalue weighted by Gasteiger charge is 2.17. The Morgan fingerprint density at radius 3 is 2.39 bits per heavy atom. The van der Waals surface area contributed by atoms with Gasteiger partial charge in [-0.2, -0.15) is 5.10 Å². The van der Waals surface area contributed by atoms with Gasteiger partial charge in [-0.3, -0.25) is 9.48 Å². The van der Waals surface area contributed by atoms with E-state index in [2.05, 4.69) is 10.4 Å². The molecular weight excluding hydrogens is 354 g/mol. The molecule has 1 amide bonds. The molecule has 6 heteroatoms. The second-order valence-corrected chi connectivity index (χ2v) is 6.67. The summed E-state index contributed by atoms with van der Waals surface area (Å²) >= 11 is 0. The van der Waals surface area contributed by atoms with Crippen molar-refractivity contribution in [3.63, 3.8) is 0 Å². The van der Waals surface area contributed by atoms with Crippen molar-refractivity contribution in [2.24, 2.45) is 0 Å². The van der Waals surface area contributed by atoms with Crippen LogP contribution >= 0.6 is 0 Å². The van der Waals surface area contributed by atoms with Gasteiger partial charge < -0.3 is 10.1 Å². The van der Waals surface area contributed by atoms with E-state index in [1.54, 1.807) is 28.9 Å². The van der Waals surface area contributed by atoms with Crippen LogP contribution in [0.25, 0.3) is 0 Å². The topological polar surface area (TPSA) is 73.2 Å². The van der Waals surface area contributed by atoms with E-state index in [-0.39, 0.29) is 11.9 Å². The predicted octanol–water partition coefficient (Wildman–Crippen LogP) is 3.90. The van der Waals surface area contributed by atoms with Gasteiger partial charge in [0.05, 0.1) is 36.3 Å². The highest BCUT2D eigenvalue weighted by molar-refractivity contribution is 6.04. The van der Waals surface area contributed by atoms with E-state index in [0.29, 0.717) is 29.1 Å². The summed E-state index contributed by atoms with van der Waals surface area (Å²) in [5.41, 5.74) is 5.21. The average molecular weight is 377 g/mol. The number of benzene rings is 2. The van der Waals surface area contributed by atoms with E-state index in [9.17, 15) is 9.59 Å². The Labute approximate surface area is 164 Å². The second kappa shape index (κ2) is 8.08. The van der Waals surface area contributed by atoms with Gasteiger partial charge in [0.2, 0.25) is 0 Å². The molecule has 0 aliphatic heterocycles. The zero-order chi connectivity index (χ0) is 20.3. The van der Waals surface area contributed by atoms with Crippen LogP contribution in [0.4, 0.5) is 5.69 Å². The minimum Gasteiger partial charge on any atom is -0.465 e. The van der Waals surface area contributed by atoms with E-state index in [1.807, 2.05) is 45.0 Å². The van der Waals surface area contributed by atoms with E-state index in [4.69, 9.17) is 4.74 Å². The van der Waals surface area contributed by atoms with Crippen molar-refractivity contribution in [1.29, 1.82) is 0 Å². The number of nitrogens with one attached hydrogen (secondary N) is 1. The molecule has 6 nitrogen and oxygen atoms in total. The van der Waals surface area contributed by atoms with Crippen molar-refractivity contribution in [3.05, 3.63) is 82.2 Å². The van der Waals surface area contributed by atoms with Crippen molar-refractivity contribution in [2.45, 2.75) is 27.3 Å². The molecule has 1 N–H and O–H groups in total. The first-order valence-corrected chi connectivity index (χ1v) is 8.99. The summed E-state index contributed by atoms with van der Waals surface area (Å²) in [5, 5.41) is 7.50. The summed E-state index contributed by atoms with van der Waals surface area (Å²) in [6.07, 6.45) is 0. The summed E-state index contributed by atoms with van der Waals surface area (Å²) in [4.78, 5) is 24.6. The summed E-state index contributed by atoms with van der Waals surface area (Å²) in [6.45, 7) is 6.12. The van der Waals surface area contributed by atoms with Crippen molar-refractivity contribution < 1.29 is 14.3 Å². The third kappa shape index (κ3) is 3.96. The van der Waals surface area contributed by atoms with E-state index in [1.165, 1.54) is 7.11 Å². The summed E-state index contributed by atoms with van der Waals surface area (Å²) in [7, 11) is 1.36. The number of hydrogen-bond acceptors (Lipinski definition) is 4. The summed E-state index contributed by atoms with van der Waals surface area (Å²) < 4.78 is 6.64. The van der Waals surface area contributed by atoms with Gasteiger partial charge in [-0.05, 0) is 44.5 Å². The normalized spacial score (nSPS) is 10.6. The lowest BCUT2D eigenvalue weighted by molar-refractivity contribution is 0.0599. The number of esters is 1. The number of methoxy groups -OCH3 is 1. The molecule has 0 aliphatic rings. The van der Waals surface area contributed by atoms with Crippen LogP contribution < -0.4 is 5.32 Å². The molecule has 28 heavy (non-hydrogen) atoms. The van der Waals surface area contributed by atoms with Gasteiger partial charge in [-0.1, -0.05) is 35.9 Å². The number of aryl methyl sites for hydroxylation is 2. The number of rotatable bonds is 5. The van der Waals surface area contributed by atoms with Crippen molar-refractivity contribution in [1.82, 2.24) is 9.78 Å². The first kappa shape index (κ1) is 19.4. The van der Waals surface area contributed by atoms with Gasteiger partial charge in [-0.25, -0.2) is 4.79 Å². The molecule has 3 aromatic rings. The van der Waals surface area contributed by atoms with Gasteiger partial charge in [0.1, 0.15) is 0 Å². The maximum atomic E-state index is 12.6. The zero-order valence-corrected chi connectivity index (χ0v) is 16.4. The van der Waals surface area contributed by atoms with E-state index in [0.717, 1.165) is 16.8 Å². The van der Waals surface area contributed by atoms with Gasteiger partial charge in [0.25, 0.3) is 5.91 Å². The number of nitrogens with zero attached hydrogens (tertiary/aromatic N) is 2. The molecule has 3 rings (SSSR count). The molecule has 0 saturated heterocycles. The summed E-state index contributed by atoms with van der Waals surface area (Å²) in [6, 6.07) is 14.7. The number of carbonyl (C=O) groups excluding carboxylic acids is 2. The van der Waals surface area contributed by atoms with Crippen molar-refractivity contribution in [2.75, 3.05) is 12.4 Å².